The first-order valence-corrected chi connectivity index (χ1v) is 17.2. The Kier molecular flexibility index (Phi) is 7.07. The third-order valence-corrected chi connectivity index (χ3v) is 10.5. The van der Waals surface area contributed by atoms with E-state index in [1.165, 1.54) is 64.3 Å². The molecule has 0 amide bonds. The fourth-order valence-corrected chi connectivity index (χ4v) is 8.08. The molecule has 0 aliphatic heterocycles. The maximum atomic E-state index is 2.36. The van der Waals surface area contributed by atoms with Gasteiger partial charge in [-0.25, -0.2) is 0 Å². The molecule has 48 heavy (non-hydrogen) atoms. The second kappa shape index (κ2) is 12.0. The summed E-state index contributed by atoms with van der Waals surface area (Å²) in [6.45, 7) is 0. The van der Waals surface area contributed by atoms with E-state index in [0.717, 1.165) is 17.1 Å². The van der Waals surface area contributed by atoms with Gasteiger partial charge in [-0.15, -0.1) is 11.3 Å². The van der Waals surface area contributed by atoms with Crippen LogP contribution in [0.3, 0.4) is 0 Å². The summed E-state index contributed by atoms with van der Waals surface area (Å²) in [6.07, 6.45) is 0. The molecule has 9 aromatic rings. The van der Waals surface area contributed by atoms with E-state index in [0.29, 0.717) is 0 Å². The number of anilines is 3. The molecule has 0 N–H and O–H groups in total. The SMILES string of the molecule is c1ccc(-c2cccc(-c3ccc(N(c4ccc(-c5cccc6c5sc5ccccc56)cc4)c4ccc5ccccc5c4)cc3)c2)cc1. The molecular formula is C46H31NS. The van der Waals surface area contributed by atoms with Crippen LogP contribution in [-0.4, -0.2) is 0 Å². The third kappa shape index (κ3) is 5.13. The van der Waals surface area contributed by atoms with Crippen LogP contribution in [0.5, 0.6) is 0 Å². The predicted molar refractivity (Wildman–Crippen MR) is 208 cm³/mol. The first-order valence-electron chi connectivity index (χ1n) is 16.3. The second-order valence-corrected chi connectivity index (χ2v) is 13.2. The Morgan fingerprint density at radius 3 is 1.67 bits per heavy atom. The van der Waals surface area contributed by atoms with E-state index >= 15 is 0 Å². The van der Waals surface area contributed by atoms with Gasteiger partial charge in [0.1, 0.15) is 0 Å². The van der Waals surface area contributed by atoms with Gasteiger partial charge in [-0.1, -0.05) is 140 Å². The lowest BCUT2D eigenvalue weighted by Crippen LogP contribution is -2.09. The number of nitrogens with zero attached hydrogens (tertiary/aromatic N) is 1. The zero-order valence-electron chi connectivity index (χ0n) is 26.3. The average molecular weight is 630 g/mol. The van der Waals surface area contributed by atoms with E-state index in [-0.39, 0.29) is 0 Å². The standard InChI is InChI=1S/C46H31NS/c1-2-10-32(11-3-1)36-14-8-15-37(30-36)34-20-25-39(26-21-34)47(41-29-22-33-12-4-5-13-38(33)31-41)40-27-23-35(24-28-40)42-17-9-18-44-43-16-6-7-19-45(43)48-46(42)44/h1-31H. The van der Waals surface area contributed by atoms with Crippen LogP contribution >= 0.6 is 11.3 Å². The highest BCUT2D eigenvalue weighted by molar-refractivity contribution is 7.26. The number of rotatable bonds is 6. The van der Waals surface area contributed by atoms with Crippen molar-refractivity contribution in [3.63, 3.8) is 0 Å². The van der Waals surface area contributed by atoms with Gasteiger partial charge in [0.15, 0.2) is 0 Å². The molecule has 0 aliphatic rings. The third-order valence-electron chi connectivity index (χ3n) is 9.26. The number of hydrogen-bond acceptors (Lipinski definition) is 2. The summed E-state index contributed by atoms with van der Waals surface area (Å²) in [6, 6.07) is 68.1. The molecule has 226 valence electrons. The van der Waals surface area contributed by atoms with Crippen molar-refractivity contribution in [2.75, 3.05) is 4.90 Å². The van der Waals surface area contributed by atoms with Crippen LogP contribution in [0.15, 0.2) is 188 Å². The zero-order chi connectivity index (χ0) is 31.9. The molecule has 0 bridgehead atoms. The van der Waals surface area contributed by atoms with Gasteiger partial charge in [-0.2, -0.15) is 0 Å². The molecule has 9 rings (SSSR count). The minimum Gasteiger partial charge on any atom is -0.310 e. The largest absolute Gasteiger partial charge is 0.310 e. The highest BCUT2D eigenvalue weighted by Crippen LogP contribution is 2.42. The summed E-state index contributed by atoms with van der Waals surface area (Å²) < 4.78 is 2.67. The van der Waals surface area contributed by atoms with Crippen LogP contribution in [0.1, 0.15) is 0 Å². The smallest absolute Gasteiger partial charge is 0.0468 e. The van der Waals surface area contributed by atoms with Crippen LogP contribution in [0.4, 0.5) is 17.1 Å². The van der Waals surface area contributed by atoms with E-state index in [2.05, 4.69) is 193 Å². The molecule has 1 aromatic heterocycles. The van der Waals surface area contributed by atoms with Gasteiger partial charge in [0.05, 0.1) is 0 Å². The molecule has 0 radical (unpaired) electrons. The Labute approximate surface area is 284 Å². The number of hydrogen-bond donors (Lipinski definition) is 0. The fourth-order valence-electron chi connectivity index (χ4n) is 6.84. The zero-order valence-corrected chi connectivity index (χ0v) is 27.1. The molecule has 0 aliphatic carbocycles. The fraction of sp³-hybridized carbons (Fsp3) is 0. The topological polar surface area (TPSA) is 3.24 Å². The Hall–Kier alpha value is -5.96. The van der Waals surface area contributed by atoms with Crippen molar-refractivity contribution in [3.05, 3.63) is 188 Å². The Bertz CT molecular complexity index is 2540. The van der Waals surface area contributed by atoms with Crippen molar-refractivity contribution >= 4 is 59.3 Å². The molecule has 8 aromatic carbocycles. The Morgan fingerprint density at radius 1 is 0.333 bits per heavy atom. The number of thiophene rings is 1. The van der Waals surface area contributed by atoms with Gasteiger partial charge in [-0.3, -0.25) is 0 Å². The van der Waals surface area contributed by atoms with Gasteiger partial charge >= 0.3 is 0 Å². The van der Waals surface area contributed by atoms with Crippen LogP contribution in [0.2, 0.25) is 0 Å². The van der Waals surface area contributed by atoms with E-state index in [1.54, 1.807) is 0 Å². The molecule has 0 spiro atoms. The normalized spacial score (nSPS) is 11.3. The van der Waals surface area contributed by atoms with Gasteiger partial charge in [0, 0.05) is 37.2 Å². The van der Waals surface area contributed by atoms with Crippen molar-refractivity contribution in [1.29, 1.82) is 0 Å². The Morgan fingerprint density at radius 2 is 0.896 bits per heavy atom. The highest BCUT2D eigenvalue weighted by atomic mass is 32.1. The summed E-state index contributed by atoms with van der Waals surface area (Å²) >= 11 is 1.88. The molecule has 0 fully saturated rings. The molecule has 0 atom stereocenters. The number of benzene rings is 8. The van der Waals surface area contributed by atoms with Crippen LogP contribution in [-0.2, 0) is 0 Å². The van der Waals surface area contributed by atoms with Gasteiger partial charge in [0.25, 0.3) is 0 Å². The lowest BCUT2D eigenvalue weighted by Gasteiger charge is -2.26. The van der Waals surface area contributed by atoms with Crippen molar-refractivity contribution in [2.24, 2.45) is 0 Å². The molecule has 0 unspecified atom stereocenters. The molecule has 2 heteroatoms. The van der Waals surface area contributed by atoms with E-state index in [1.807, 2.05) is 11.3 Å². The molecule has 0 saturated carbocycles. The van der Waals surface area contributed by atoms with Gasteiger partial charge < -0.3 is 4.90 Å². The van der Waals surface area contributed by atoms with E-state index in [4.69, 9.17) is 0 Å². The monoisotopic (exact) mass is 629 g/mol. The van der Waals surface area contributed by atoms with Crippen LogP contribution in [0.25, 0.3) is 64.3 Å². The van der Waals surface area contributed by atoms with Crippen molar-refractivity contribution < 1.29 is 0 Å². The maximum absolute atomic E-state index is 2.36. The maximum Gasteiger partial charge on any atom is 0.0468 e. The summed E-state index contributed by atoms with van der Waals surface area (Å²) in [5.41, 5.74) is 10.7. The first kappa shape index (κ1) is 28.3. The van der Waals surface area contributed by atoms with E-state index in [9.17, 15) is 0 Å². The van der Waals surface area contributed by atoms with Crippen LogP contribution in [0, 0.1) is 0 Å². The van der Waals surface area contributed by atoms with Crippen molar-refractivity contribution in [1.82, 2.24) is 0 Å². The molecule has 1 nitrogen and oxygen atoms in total. The summed E-state index contributed by atoms with van der Waals surface area (Å²) in [5, 5.41) is 5.11. The second-order valence-electron chi connectivity index (χ2n) is 12.2. The highest BCUT2D eigenvalue weighted by Gasteiger charge is 2.15. The lowest BCUT2D eigenvalue weighted by molar-refractivity contribution is 1.29. The quantitative estimate of drug-likeness (QED) is 0.177. The minimum absolute atomic E-state index is 1.12. The predicted octanol–water partition coefficient (Wildman–Crippen LogP) is 13.7. The molecule has 0 saturated heterocycles. The van der Waals surface area contributed by atoms with Gasteiger partial charge in [0.2, 0.25) is 0 Å². The Balaban J connectivity index is 1.11. The van der Waals surface area contributed by atoms with E-state index < -0.39 is 0 Å². The number of fused-ring (bicyclic) bond motifs is 4. The minimum atomic E-state index is 1.12. The van der Waals surface area contributed by atoms with Gasteiger partial charge in [-0.05, 0) is 92.7 Å². The summed E-state index contributed by atoms with van der Waals surface area (Å²) in [7, 11) is 0. The summed E-state index contributed by atoms with van der Waals surface area (Å²) in [5.74, 6) is 0. The lowest BCUT2D eigenvalue weighted by atomic mass is 9.98. The average Bonchev–Trinajstić information content (AvgIpc) is 3.55. The first-order chi connectivity index (χ1) is 23.8. The van der Waals surface area contributed by atoms with Crippen molar-refractivity contribution in [3.8, 4) is 33.4 Å². The van der Waals surface area contributed by atoms with Crippen LogP contribution < -0.4 is 4.90 Å². The molecular weight excluding hydrogens is 599 g/mol. The summed E-state index contributed by atoms with van der Waals surface area (Å²) in [4.78, 5) is 2.36. The molecule has 1 heterocycles. The van der Waals surface area contributed by atoms with Crippen molar-refractivity contribution in [2.45, 2.75) is 0 Å².